The predicted molar refractivity (Wildman–Crippen MR) is 54.3 cm³/mol. The van der Waals surface area contributed by atoms with Crippen LogP contribution in [-0.2, 0) is 11.2 Å². The van der Waals surface area contributed by atoms with Crippen molar-refractivity contribution >= 4 is 35.8 Å². The van der Waals surface area contributed by atoms with Crippen LogP contribution in [0.25, 0.3) is 0 Å². The topological polar surface area (TPSA) is 51.8 Å². The second-order valence-electron chi connectivity index (χ2n) is 2.48. The van der Waals surface area contributed by atoms with Crippen molar-refractivity contribution in [3.05, 3.63) is 29.8 Å². The normalized spacial score (nSPS) is 13.0. The Morgan fingerprint density at radius 2 is 1.92 bits per heavy atom. The molecule has 1 aromatic carbocycles. The number of hydrogen-bond acceptors (Lipinski definition) is 1. The van der Waals surface area contributed by atoms with Gasteiger partial charge in [-0.2, -0.15) is 0 Å². The molecule has 72 valence electrons. The molecule has 0 fully saturated rings. The van der Waals surface area contributed by atoms with Crippen molar-refractivity contribution in [2.45, 2.75) is 6.42 Å². The zero-order valence-electron chi connectivity index (χ0n) is 6.66. The number of carbonyl (C=O) groups excluding carboxylic acids is 1. The number of benzene rings is 1. The highest BCUT2D eigenvalue weighted by Gasteiger charge is 2.24. The van der Waals surface area contributed by atoms with Crippen LogP contribution in [0.2, 0.25) is 0 Å². The van der Waals surface area contributed by atoms with Crippen LogP contribution in [0.5, 0.6) is 0 Å². The average Bonchev–Trinajstić information content (AvgIpc) is 2.30. The molecule has 0 saturated carbocycles. The number of rotatable bonds is 0. The Balaban J connectivity index is 0.000000720. The van der Waals surface area contributed by atoms with Gasteiger partial charge >= 0.3 is 0 Å². The van der Waals surface area contributed by atoms with Crippen LogP contribution < -0.4 is 4.42 Å². The lowest BCUT2D eigenvalue weighted by Crippen LogP contribution is -2.13. The van der Waals surface area contributed by atoms with Crippen molar-refractivity contribution in [1.29, 1.82) is 0 Å². The molecule has 13 heavy (non-hydrogen) atoms. The van der Waals surface area contributed by atoms with Gasteiger partial charge in [-0.15, -0.1) is 12.4 Å². The van der Waals surface area contributed by atoms with Crippen molar-refractivity contribution in [1.82, 2.24) is 0 Å². The highest BCUT2D eigenvalue weighted by atomic mass is 35.5. The molecule has 0 aromatic heterocycles. The molecule has 0 aliphatic carbocycles. The van der Waals surface area contributed by atoms with Gasteiger partial charge in [0, 0.05) is 11.8 Å². The van der Waals surface area contributed by atoms with Crippen molar-refractivity contribution in [2.75, 3.05) is 4.42 Å². The fourth-order valence-electron chi connectivity index (χ4n) is 1.22. The van der Waals surface area contributed by atoms with Gasteiger partial charge in [0.25, 0.3) is 0 Å². The highest BCUT2D eigenvalue weighted by Crippen LogP contribution is 2.29. The van der Waals surface area contributed by atoms with E-state index < -0.39 is 0 Å². The SMILES string of the molecule is Cl.O.O=C1Cc2ccccc2N1Cl. The van der Waals surface area contributed by atoms with Crippen LogP contribution in [-0.4, -0.2) is 11.4 Å². The van der Waals surface area contributed by atoms with Crippen LogP contribution in [0.1, 0.15) is 5.56 Å². The summed E-state index contributed by atoms with van der Waals surface area (Å²) in [7, 11) is 0. The zero-order chi connectivity index (χ0) is 7.84. The van der Waals surface area contributed by atoms with Crippen LogP contribution in [0.4, 0.5) is 5.69 Å². The van der Waals surface area contributed by atoms with E-state index in [-0.39, 0.29) is 23.8 Å². The first-order valence-electron chi connectivity index (χ1n) is 3.35. The van der Waals surface area contributed by atoms with Crippen LogP contribution >= 0.6 is 24.2 Å². The Labute approximate surface area is 87.1 Å². The Kier molecular flexibility index (Phi) is 4.20. The molecule has 1 aromatic rings. The standard InChI is InChI=1S/C8H6ClNO.ClH.H2O/c9-10-7-4-2-1-3-6(7)5-8(10)11;;/h1-4H,5H2;1H;1H2. The molecule has 0 bridgehead atoms. The highest BCUT2D eigenvalue weighted by molar-refractivity contribution is 6.38. The third kappa shape index (κ3) is 1.94. The van der Waals surface area contributed by atoms with E-state index in [9.17, 15) is 4.79 Å². The largest absolute Gasteiger partial charge is 0.412 e. The lowest BCUT2D eigenvalue weighted by molar-refractivity contribution is -0.116. The van der Waals surface area contributed by atoms with Crippen LogP contribution in [0.15, 0.2) is 24.3 Å². The summed E-state index contributed by atoms with van der Waals surface area (Å²) in [6.07, 6.45) is 0.430. The van der Waals surface area contributed by atoms with E-state index in [1.807, 2.05) is 24.3 Å². The number of carbonyl (C=O) groups is 1. The molecule has 0 spiro atoms. The minimum atomic E-state index is -0.0483. The van der Waals surface area contributed by atoms with Crippen molar-refractivity contribution in [3.8, 4) is 0 Å². The summed E-state index contributed by atoms with van der Waals surface area (Å²) in [4.78, 5) is 11.0. The van der Waals surface area contributed by atoms with Crippen LogP contribution in [0, 0.1) is 0 Å². The van der Waals surface area contributed by atoms with Crippen molar-refractivity contribution in [2.24, 2.45) is 0 Å². The fraction of sp³-hybridized carbons (Fsp3) is 0.125. The van der Waals surface area contributed by atoms with Crippen molar-refractivity contribution in [3.63, 3.8) is 0 Å². The van der Waals surface area contributed by atoms with Gasteiger partial charge in [0.2, 0.25) is 5.91 Å². The Bertz CT molecular complexity index is 317. The van der Waals surface area contributed by atoms with Gasteiger partial charge in [-0.25, -0.2) is 4.42 Å². The van der Waals surface area contributed by atoms with Gasteiger partial charge in [0.1, 0.15) is 0 Å². The summed E-state index contributed by atoms with van der Waals surface area (Å²) in [6.45, 7) is 0. The third-order valence-electron chi connectivity index (χ3n) is 1.76. The maximum atomic E-state index is 11.0. The molecule has 0 saturated heterocycles. The van der Waals surface area contributed by atoms with E-state index >= 15 is 0 Å². The second kappa shape index (κ2) is 4.46. The molecule has 1 amide bonds. The fourth-order valence-corrected chi connectivity index (χ4v) is 1.44. The minimum Gasteiger partial charge on any atom is -0.412 e. The van der Waals surface area contributed by atoms with E-state index in [1.165, 1.54) is 4.42 Å². The molecule has 1 aliphatic rings. The van der Waals surface area contributed by atoms with E-state index in [0.717, 1.165) is 11.3 Å². The van der Waals surface area contributed by atoms with Gasteiger partial charge in [0.15, 0.2) is 0 Å². The molecule has 1 heterocycles. The second-order valence-corrected chi connectivity index (χ2v) is 2.82. The van der Waals surface area contributed by atoms with Crippen molar-refractivity contribution < 1.29 is 10.3 Å². The number of anilines is 1. The number of amides is 1. The summed E-state index contributed by atoms with van der Waals surface area (Å²) in [6, 6.07) is 7.53. The van der Waals surface area contributed by atoms with Gasteiger partial charge in [-0.1, -0.05) is 18.2 Å². The smallest absolute Gasteiger partial charge is 0.246 e. The summed E-state index contributed by atoms with van der Waals surface area (Å²) >= 11 is 5.68. The van der Waals surface area contributed by atoms with E-state index in [0.29, 0.717) is 6.42 Å². The molecule has 0 atom stereocenters. The number of nitrogens with zero attached hydrogens (tertiary/aromatic N) is 1. The first-order valence-corrected chi connectivity index (χ1v) is 3.69. The summed E-state index contributed by atoms with van der Waals surface area (Å²) in [5.41, 5.74) is 1.83. The molecule has 5 heteroatoms. The Hall–Kier alpha value is -0.770. The monoisotopic (exact) mass is 221 g/mol. The summed E-state index contributed by atoms with van der Waals surface area (Å²) < 4.78 is 1.18. The minimum absolute atomic E-state index is 0. The maximum absolute atomic E-state index is 11.0. The van der Waals surface area contributed by atoms with Gasteiger partial charge in [-0.05, 0) is 11.6 Å². The van der Waals surface area contributed by atoms with E-state index in [2.05, 4.69) is 0 Å². The molecule has 0 unspecified atom stereocenters. The number of hydrogen-bond donors (Lipinski definition) is 0. The molecule has 2 N–H and O–H groups in total. The van der Waals surface area contributed by atoms with Gasteiger partial charge in [-0.3, -0.25) is 4.79 Å². The van der Waals surface area contributed by atoms with E-state index in [1.54, 1.807) is 0 Å². The van der Waals surface area contributed by atoms with Crippen LogP contribution in [0.3, 0.4) is 0 Å². The molecule has 1 aliphatic heterocycles. The molecule has 0 radical (unpaired) electrons. The quantitative estimate of drug-likeness (QED) is 0.611. The lowest BCUT2D eigenvalue weighted by Gasteiger charge is -2.04. The lowest BCUT2D eigenvalue weighted by atomic mass is 10.2. The summed E-state index contributed by atoms with van der Waals surface area (Å²) in [5, 5.41) is 0. The first-order chi connectivity index (χ1) is 5.29. The summed E-state index contributed by atoms with van der Waals surface area (Å²) in [5.74, 6) is -0.0483. The molecular weight excluding hydrogens is 213 g/mol. The maximum Gasteiger partial charge on any atom is 0.246 e. The molecule has 2 rings (SSSR count). The Morgan fingerprint density at radius 1 is 1.31 bits per heavy atom. The average molecular weight is 222 g/mol. The molecule has 3 nitrogen and oxygen atoms in total. The number of para-hydroxylation sites is 1. The Morgan fingerprint density at radius 3 is 2.54 bits per heavy atom. The van der Waals surface area contributed by atoms with Gasteiger partial charge in [0.05, 0.1) is 12.1 Å². The van der Waals surface area contributed by atoms with Gasteiger partial charge < -0.3 is 5.48 Å². The zero-order valence-corrected chi connectivity index (χ0v) is 8.23. The number of halogens is 2. The third-order valence-corrected chi connectivity index (χ3v) is 2.13. The van der Waals surface area contributed by atoms with E-state index in [4.69, 9.17) is 11.8 Å². The molecular formula is C8H9Cl2NO2. The first kappa shape index (κ1) is 12.2. The number of fused-ring (bicyclic) bond motifs is 1. The predicted octanol–water partition coefficient (Wildman–Crippen LogP) is 1.33.